The Morgan fingerprint density at radius 2 is 2.00 bits per heavy atom. The van der Waals surface area contributed by atoms with Gasteiger partial charge in [-0.05, 0) is 51.9 Å². The molecule has 0 bridgehead atoms. The normalized spacial score (nSPS) is 11.0. The molecule has 2 N–H and O–H groups in total. The van der Waals surface area contributed by atoms with Gasteiger partial charge in [0.25, 0.3) is 5.95 Å². The minimum atomic E-state index is 0.0924. The van der Waals surface area contributed by atoms with Gasteiger partial charge in [0.1, 0.15) is 6.61 Å². The summed E-state index contributed by atoms with van der Waals surface area (Å²) in [5.74, 6) is 1.23. The molecule has 0 saturated carbocycles. The lowest BCUT2D eigenvalue weighted by atomic mass is 10.2. The molecule has 0 aliphatic heterocycles. The van der Waals surface area contributed by atoms with Gasteiger partial charge in [-0.1, -0.05) is 39.2 Å². The smallest absolute Gasteiger partial charge is 0.263 e. The third-order valence-electron chi connectivity index (χ3n) is 3.36. The van der Waals surface area contributed by atoms with Gasteiger partial charge in [0.15, 0.2) is 11.5 Å². The SMILES string of the molecule is COc1cc(/C=N/n2nnnc2N)ccc1OCc1ccc(Cl)c(Cl)c1. The molecule has 2 aromatic carbocycles. The highest BCUT2D eigenvalue weighted by atomic mass is 35.5. The number of benzene rings is 2. The van der Waals surface area contributed by atoms with E-state index >= 15 is 0 Å². The summed E-state index contributed by atoms with van der Waals surface area (Å²) in [4.78, 5) is 1.11. The van der Waals surface area contributed by atoms with Crippen molar-refractivity contribution >= 4 is 35.4 Å². The molecule has 0 unspecified atom stereocenters. The number of aromatic nitrogens is 4. The number of tetrazole rings is 1. The molecule has 1 aromatic heterocycles. The predicted octanol–water partition coefficient (Wildman–Crippen LogP) is 3.03. The van der Waals surface area contributed by atoms with Crippen LogP contribution in [0, 0.1) is 0 Å². The summed E-state index contributed by atoms with van der Waals surface area (Å²) >= 11 is 11.9. The zero-order valence-electron chi connectivity index (χ0n) is 13.6. The third kappa shape index (κ3) is 4.22. The summed E-state index contributed by atoms with van der Waals surface area (Å²) in [6, 6.07) is 10.7. The molecule has 10 heteroatoms. The molecule has 134 valence electrons. The number of hydrogen-bond donors (Lipinski definition) is 1. The Morgan fingerprint density at radius 3 is 2.69 bits per heavy atom. The van der Waals surface area contributed by atoms with Crippen molar-refractivity contribution in [2.24, 2.45) is 5.10 Å². The van der Waals surface area contributed by atoms with Crippen LogP contribution in [0.2, 0.25) is 10.0 Å². The molecule has 0 spiro atoms. The molecule has 0 amide bonds. The second-order valence-electron chi connectivity index (χ2n) is 5.12. The highest BCUT2D eigenvalue weighted by Gasteiger charge is 2.07. The fraction of sp³-hybridized carbons (Fsp3) is 0.125. The molecule has 1 heterocycles. The maximum atomic E-state index is 6.01. The van der Waals surface area contributed by atoms with Crippen LogP contribution in [0.3, 0.4) is 0 Å². The molecule has 3 rings (SSSR count). The Morgan fingerprint density at radius 1 is 1.15 bits per heavy atom. The summed E-state index contributed by atoms with van der Waals surface area (Å²) < 4.78 is 11.2. The van der Waals surface area contributed by atoms with Crippen LogP contribution in [0.5, 0.6) is 11.5 Å². The van der Waals surface area contributed by atoms with Crippen LogP contribution in [0.4, 0.5) is 5.95 Å². The molecule has 0 radical (unpaired) electrons. The van der Waals surface area contributed by atoms with Gasteiger partial charge in [0.2, 0.25) is 0 Å². The van der Waals surface area contributed by atoms with Gasteiger partial charge in [-0.25, -0.2) is 0 Å². The van der Waals surface area contributed by atoms with E-state index in [9.17, 15) is 0 Å². The van der Waals surface area contributed by atoms with Crippen LogP contribution in [-0.4, -0.2) is 33.6 Å². The standard InChI is InChI=1S/C16H14Cl2N6O2/c1-25-15-7-10(8-20-24-16(19)21-22-23-24)3-5-14(15)26-9-11-2-4-12(17)13(18)6-11/h2-8H,9H2,1H3,(H2,19,21,23)/b20-8+. The first-order valence-electron chi connectivity index (χ1n) is 7.40. The first kappa shape index (κ1) is 18.0. The number of anilines is 1. The van der Waals surface area contributed by atoms with Gasteiger partial charge in [-0.15, -0.1) is 0 Å². The topological polar surface area (TPSA) is 100 Å². The number of hydrogen-bond acceptors (Lipinski definition) is 7. The summed E-state index contributed by atoms with van der Waals surface area (Å²) in [5.41, 5.74) is 7.20. The number of rotatable bonds is 6. The first-order valence-corrected chi connectivity index (χ1v) is 8.15. The van der Waals surface area contributed by atoms with E-state index in [0.717, 1.165) is 15.9 Å². The van der Waals surface area contributed by atoms with E-state index in [1.54, 1.807) is 37.6 Å². The summed E-state index contributed by atoms with van der Waals surface area (Å²) in [6.45, 7) is 0.321. The molecule has 26 heavy (non-hydrogen) atoms. The van der Waals surface area contributed by atoms with Gasteiger partial charge in [-0.3, -0.25) is 0 Å². The quantitative estimate of drug-likeness (QED) is 0.646. The number of nitrogens with zero attached hydrogens (tertiary/aromatic N) is 5. The molecule has 0 aliphatic carbocycles. The lowest BCUT2D eigenvalue weighted by Crippen LogP contribution is -2.00. The Kier molecular flexibility index (Phi) is 5.55. The van der Waals surface area contributed by atoms with Gasteiger partial charge in [0, 0.05) is 0 Å². The predicted molar refractivity (Wildman–Crippen MR) is 99.0 cm³/mol. The van der Waals surface area contributed by atoms with E-state index in [0.29, 0.717) is 28.2 Å². The largest absolute Gasteiger partial charge is 0.493 e. The molecule has 0 saturated heterocycles. The number of halogens is 2. The first-order chi connectivity index (χ1) is 12.6. The van der Waals surface area contributed by atoms with Crippen molar-refractivity contribution in [1.29, 1.82) is 0 Å². The fourth-order valence-corrected chi connectivity index (χ4v) is 2.39. The zero-order valence-corrected chi connectivity index (χ0v) is 15.1. The summed E-state index contributed by atoms with van der Waals surface area (Å²) in [5, 5.41) is 15.6. The minimum Gasteiger partial charge on any atom is -0.493 e. The number of nitrogens with two attached hydrogens (primary N) is 1. The minimum absolute atomic E-state index is 0.0924. The van der Waals surface area contributed by atoms with Crippen molar-refractivity contribution in [2.45, 2.75) is 6.61 Å². The van der Waals surface area contributed by atoms with Crippen LogP contribution in [0.1, 0.15) is 11.1 Å². The molecular weight excluding hydrogens is 379 g/mol. The lowest BCUT2D eigenvalue weighted by molar-refractivity contribution is 0.284. The van der Waals surface area contributed by atoms with E-state index in [1.807, 2.05) is 12.1 Å². The third-order valence-corrected chi connectivity index (χ3v) is 4.10. The van der Waals surface area contributed by atoms with Crippen LogP contribution in [0.25, 0.3) is 0 Å². The molecule has 0 fully saturated rings. The zero-order chi connectivity index (χ0) is 18.5. The van der Waals surface area contributed by atoms with Crippen molar-refractivity contribution in [3.05, 3.63) is 57.6 Å². The van der Waals surface area contributed by atoms with Crippen LogP contribution in [-0.2, 0) is 6.61 Å². The maximum Gasteiger partial charge on any atom is 0.263 e. The monoisotopic (exact) mass is 392 g/mol. The van der Waals surface area contributed by atoms with Gasteiger partial charge in [0.05, 0.1) is 23.4 Å². The Hall–Kier alpha value is -2.84. The van der Waals surface area contributed by atoms with Crippen LogP contribution in [0.15, 0.2) is 41.5 Å². The summed E-state index contributed by atoms with van der Waals surface area (Å²) in [6.07, 6.45) is 1.55. The van der Waals surface area contributed by atoms with E-state index in [4.69, 9.17) is 38.4 Å². The van der Waals surface area contributed by atoms with E-state index in [-0.39, 0.29) is 5.95 Å². The van der Waals surface area contributed by atoms with Crippen molar-refractivity contribution in [3.8, 4) is 11.5 Å². The molecule has 0 atom stereocenters. The van der Waals surface area contributed by atoms with Crippen LogP contribution < -0.4 is 15.2 Å². The Labute approximate surface area is 159 Å². The number of methoxy groups -OCH3 is 1. The van der Waals surface area contributed by atoms with Gasteiger partial charge >= 0.3 is 0 Å². The van der Waals surface area contributed by atoms with Crippen molar-refractivity contribution in [1.82, 2.24) is 20.3 Å². The highest BCUT2D eigenvalue weighted by molar-refractivity contribution is 6.42. The van der Waals surface area contributed by atoms with Gasteiger partial charge < -0.3 is 15.2 Å². The summed E-state index contributed by atoms with van der Waals surface area (Å²) in [7, 11) is 1.56. The van der Waals surface area contributed by atoms with Crippen molar-refractivity contribution in [2.75, 3.05) is 12.8 Å². The van der Waals surface area contributed by atoms with Crippen LogP contribution >= 0.6 is 23.2 Å². The van der Waals surface area contributed by atoms with E-state index in [1.165, 1.54) is 0 Å². The second kappa shape index (κ2) is 8.03. The van der Waals surface area contributed by atoms with E-state index < -0.39 is 0 Å². The second-order valence-corrected chi connectivity index (χ2v) is 5.93. The number of ether oxygens (including phenoxy) is 2. The Bertz CT molecular complexity index is 944. The lowest BCUT2D eigenvalue weighted by Gasteiger charge is -2.11. The highest BCUT2D eigenvalue weighted by Crippen LogP contribution is 2.29. The Balaban J connectivity index is 1.73. The fourth-order valence-electron chi connectivity index (χ4n) is 2.07. The van der Waals surface area contributed by atoms with Crippen molar-refractivity contribution < 1.29 is 9.47 Å². The average molecular weight is 393 g/mol. The average Bonchev–Trinajstić information content (AvgIpc) is 3.06. The van der Waals surface area contributed by atoms with Crippen molar-refractivity contribution in [3.63, 3.8) is 0 Å². The molecular formula is C16H14Cl2N6O2. The molecule has 3 aromatic rings. The molecule has 8 nitrogen and oxygen atoms in total. The maximum absolute atomic E-state index is 6.01. The molecule has 0 aliphatic rings. The van der Waals surface area contributed by atoms with E-state index in [2.05, 4.69) is 20.6 Å². The van der Waals surface area contributed by atoms with Gasteiger partial charge in [-0.2, -0.15) is 5.10 Å². The number of nitrogen functional groups attached to an aromatic ring is 1.